The highest BCUT2D eigenvalue weighted by Gasteiger charge is 2.35. The number of amides is 2. The maximum atomic E-state index is 13.2. The first kappa shape index (κ1) is 21.7. The van der Waals surface area contributed by atoms with Crippen LogP contribution in [0.25, 0.3) is 33.2 Å². The fourth-order valence-corrected chi connectivity index (χ4v) is 5.42. The minimum absolute atomic E-state index is 0.303. The summed E-state index contributed by atoms with van der Waals surface area (Å²) < 4.78 is 4.11. The maximum Gasteiger partial charge on any atom is 0.259 e. The number of aromatic nitrogens is 4. The summed E-state index contributed by atoms with van der Waals surface area (Å²) in [6.45, 7) is 1.45. The van der Waals surface area contributed by atoms with E-state index in [2.05, 4.69) is 24.4 Å². The quantitative estimate of drug-likeness (QED) is 0.383. The zero-order valence-electron chi connectivity index (χ0n) is 19.4. The molecule has 8 heteroatoms. The average molecular weight is 470 g/mol. The Balaban J connectivity index is 1.60. The summed E-state index contributed by atoms with van der Waals surface area (Å²) in [6.07, 6.45) is 12.2. The fourth-order valence-electron chi connectivity index (χ4n) is 5.42. The molecule has 2 N–H and O–H groups in total. The van der Waals surface area contributed by atoms with Crippen LogP contribution in [0.3, 0.4) is 0 Å². The molecule has 8 nitrogen and oxygen atoms in total. The largest absolute Gasteiger partial charge is 0.393 e. The topological polar surface area (TPSA) is 102 Å². The van der Waals surface area contributed by atoms with Gasteiger partial charge in [0.2, 0.25) is 0 Å². The van der Waals surface area contributed by atoms with Crippen LogP contribution in [0.4, 0.5) is 0 Å². The number of imide groups is 1. The van der Waals surface area contributed by atoms with Gasteiger partial charge < -0.3 is 14.2 Å². The molecule has 4 bridgehead atoms. The number of nitrogens with zero attached hydrogens (tertiary/aromatic N) is 4. The highest BCUT2D eigenvalue weighted by Crippen LogP contribution is 2.38. The van der Waals surface area contributed by atoms with E-state index in [0.29, 0.717) is 22.3 Å². The van der Waals surface area contributed by atoms with Crippen molar-refractivity contribution >= 4 is 45.0 Å². The van der Waals surface area contributed by atoms with Crippen molar-refractivity contribution < 1.29 is 14.7 Å². The average Bonchev–Trinajstić information content (AvgIpc) is 3.50. The lowest BCUT2D eigenvalue weighted by molar-refractivity contribution is -0.122. The molecule has 35 heavy (non-hydrogen) atoms. The van der Waals surface area contributed by atoms with Crippen LogP contribution in [0.1, 0.15) is 49.7 Å². The van der Waals surface area contributed by atoms with Crippen LogP contribution in [-0.4, -0.2) is 42.1 Å². The number of aliphatic hydroxyl groups excluding tert-OH is 1. The molecule has 4 aromatic rings. The van der Waals surface area contributed by atoms with Gasteiger partial charge in [-0.25, -0.2) is 9.97 Å². The summed E-state index contributed by atoms with van der Waals surface area (Å²) in [4.78, 5) is 35.5. The second-order valence-corrected chi connectivity index (χ2v) is 9.40. The van der Waals surface area contributed by atoms with Crippen molar-refractivity contribution in [1.29, 1.82) is 0 Å². The maximum absolute atomic E-state index is 13.2. The van der Waals surface area contributed by atoms with Crippen molar-refractivity contribution in [2.45, 2.75) is 57.7 Å². The molecule has 4 aromatic heterocycles. The van der Waals surface area contributed by atoms with Crippen LogP contribution < -0.4 is 5.32 Å². The first-order chi connectivity index (χ1) is 17.1. The third-order valence-corrected chi connectivity index (χ3v) is 7.11. The Kier molecular flexibility index (Phi) is 5.45. The number of hydrogen-bond donors (Lipinski definition) is 2. The summed E-state index contributed by atoms with van der Waals surface area (Å²) in [6, 6.07) is 7.59. The van der Waals surface area contributed by atoms with E-state index in [9.17, 15) is 14.7 Å². The molecule has 0 fully saturated rings. The molecule has 2 aliphatic rings. The number of nitrogens with one attached hydrogen (secondary N) is 1. The van der Waals surface area contributed by atoms with E-state index in [4.69, 9.17) is 0 Å². The molecule has 178 valence electrons. The molecule has 0 unspecified atom stereocenters. The molecule has 0 radical (unpaired) electrons. The van der Waals surface area contributed by atoms with Crippen LogP contribution in [-0.2, 0) is 22.7 Å². The third kappa shape index (κ3) is 3.74. The molecule has 0 spiro atoms. The van der Waals surface area contributed by atoms with Gasteiger partial charge in [-0.2, -0.15) is 0 Å². The molecule has 6 heterocycles. The zero-order valence-corrected chi connectivity index (χ0v) is 19.4. The van der Waals surface area contributed by atoms with Gasteiger partial charge in [0.25, 0.3) is 11.8 Å². The molecule has 2 aliphatic heterocycles. The number of fused-ring (bicyclic) bond motifs is 12. The van der Waals surface area contributed by atoms with Gasteiger partial charge in [0.15, 0.2) is 0 Å². The summed E-state index contributed by atoms with van der Waals surface area (Å²) in [5, 5.41) is 14.7. The van der Waals surface area contributed by atoms with Crippen molar-refractivity contribution in [3.63, 3.8) is 0 Å². The Morgan fingerprint density at radius 2 is 1.26 bits per heavy atom. The second kappa shape index (κ2) is 8.78. The molecule has 0 saturated carbocycles. The van der Waals surface area contributed by atoms with Crippen molar-refractivity contribution in [2.24, 2.45) is 0 Å². The monoisotopic (exact) mass is 469 g/mol. The van der Waals surface area contributed by atoms with Gasteiger partial charge in [0.05, 0.1) is 17.3 Å². The van der Waals surface area contributed by atoms with E-state index in [0.717, 1.165) is 73.7 Å². The van der Waals surface area contributed by atoms with Crippen molar-refractivity contribution in [3.05, 3.63) is 60.2 Å². The second-order valence-electron chi connectivity index (χ2n) is 9.40. The van der Waals surface area contributed by atoms with Gasteiger partial charge in [-0.05, 0) is 62.8 Å². The summed E-state index contributed by atoms with van der Waals surface area (Å²) in [7, 11) is 0. The predicted octanol–water partition coefficient (Wildman–Crippen LogP) is 3.67. The standard InChI is InChI=1S/C27H27N5O3/c33-17-7-1-3-13-31-15-20(18-9-5-11-28-24(18)31)22-23(27(35)30-26(22)34)21-16-32(14-4-2-8-17)25-19(21)10-6-12-29-25/h5-6,9-12,15-17,33H,1-4,7-8,13-14H2,(H,30,34,35). The molecular formula is C27H27N5O3. The SMILES string of the molecule is O=C1NC(=O)C2=C1c1cn(c3ncccc13)CCCCC(O)CCCCn1cc2c2cccnc21. The normalized spacial score (nSPS) is 18.2. The Hall–Kier alpha value is -3.78. The van der Waals surface area contributed by atoms with Crippen LogP contribution in [0.15, 0.2) is 49.1 Å². The predicted molar refractivity (Wildman–Crippen MR) is 133 cm³/mol. The highest BCUT2D eigenvalue weighted by molar-refractivity contribution is 6.50. The van der Waals surface area contributed by atoms with E-state index >= 15 is 0 Å². The number of rotatable bonds is 0. The molecule has 2 amide bonds. The number of aliphatic hydroxyl groups is 1. The Morgan fingerprint density at radius 3 is 1.74 bits per heavy atom. The molecule has 0 atom stereocenters. The minimum Gasteiger partial charge on any atom is -0.393 e. The first-order valence-electron chi connectivity index (χ1n) is 12.3. The van der Waals surface area contributed by atoms with Crippen molar-refractivity contribution in [3.8, 4) is 0 Å². The number of aryl methyl sites for hydroxylation is 2. The van der Waals surface area contributed by atoms with Gasteiger partial charge >= 0.3 is 0 Å². The number of pyridine rings is 2. The molecule has 0 saturated heterocycles. The lowest BCUT2D eigenvalue weighted by Crippen LogP contribution is -2.22. The molecule has 6 rings (SSSR count). The molecular weight excluding hydrogens is 442 g/mol. The van der Waals surface area contributed by atoms with E-state index in [1.165, 1.54) is 0 Å². The Labute approximate surface area is 202 Å². The number of carbonyl (C=O) groups excluding carboxylic acids is 2. The molecule has 0 aliphatic carbocycles. The summed E-state index contributed by atoms with van der Waals surface area (Å²) >= 11 is 0. The van der Waals surface area contributed by atoms with Gasteiger partial charge in [-0.3, -0.25) is 14.9 Å². The zero-order chi connectivity index (χ0) is 23.9. The van der Waals surface area contributed by atoms with E-state index in [1.54, 1.807) is 12.4 Å². The van der Waals surface area contributed by atoms with Gasteiger partial charge in [-0.1, -0.05) is 0 Å². The smallest absolute Gasteiger partial charge is 0.259 e. The van der Waals surface area contributed by atoms with Crippen LogP contribution in [0, 0.1) is 0 Å². The first-order valence-corrected chi connectivity index (χ1v) is 12.3. The minimum atomic E-state index is -0.390. The number of hydrogen-bond acceptors (Lipinski definition) is 5. The van der Waals surface area contributed by atoms with E-state index in [1.807, 2.05) is 36.7 Å². The lowest BCUT2D eigenvalue weighted by Gasteiger charge is -2.11. The van der Waals surface area contributed by atoms with E-state index in [-0.39, 0.29) is 6.10 Å². The van der Waals surface area contributed by atoms with Crippen LogP contribution >= 0.6 is 0 Å². The van der Waals surface area contributed by atoms with Gasteiger partial charge in [0.1, 0.15) is 11.3 Å². The summed E-state index contributed by atoms with van der Waals surface area (Å²) in [5.74, 6) is -0.780. The van der Waals surface area contributed by atoms with Crippen molar-refractivity contribution in [1.82, 2.24) is 24.4 Å². The Morgan fingerprint density at radius 1 is 0.771 bits per heavy atom. The van der Waals surface area contributed by atoms with Crippen LogP contribution in [0.2, 0.25) is 0 Å². The van der Waals surface area contributed by atoms with Gasteiger partial charge in [0, 0.05) is 59.8 Å². The third-order valence-electron chi connectivity index (χ3n) is 7.11. The molecule has 0 aromatic carbocycles. The fraction of sp³-hybridized carbons (Fsp3) is 0.333. The number of carbonyl (C=O) groups is 2. The lowest BCUT2D eigenvalue weighted by atomic mass is 9.96. The van der Waals surface area contributed by atoms with Gasteiger partial charge in [-0.15, -0.1) is 0 Å². The highest BCUT2D eigenvalue weighted by atomic mass is 16.3. The van der Waals surface area contributed by atoms with E-state index < -0.39 is 11.8 Å². The van der Waals surface area contributed by atoms with Crippen molar-refractivity contribution in [2.75, 3.05) is 0 Å². The van der Waals surface area contributed by atoms with Crippen LogP contribution in [0.5, 0.6) is 0 Å². The summed E-state index contributed by atoms with van der Waals surface area (Å²) in [5.41, 5.74) is 3.75. The Bertz CT molecular complexity index is 1390.